The third-order valence-corrected chi connectivity index (χ3v) is 3.35. The summed E-state index contributed by atoms with van der Waals surface area (Å²) in [6, 6.07) is 7.40. The summed E-state index contributed by atoms with van der Waals surface area (Å²) in [6.07, 6.45) is 1.36. The average Bonchev–Trinajstić information content (AvgIpc) is 2.65. The number of amides is 1. The Morgan fingerprint density at radius 1 is 1.07 bits per heavy atom. The number of rotatable bonds is 14. The van der Waals surface area contributed by atoms with Crippen LogP contribution in [0.1, 0.15) is 5.56 Å². The first-order valence-corrected chi connectivity index (χ1v) is 8.73. The monoisotopic (exact) mass is 382 g/mol. The van der Waals surface area contributed by atoms with Crippen LogP contribution in [0.15, 0.2) is 36.2 Å². The summed E-state index contributed by atoms with van der Waals surface area (Å²) in [5, 5.41) is 12.5. The molecule has 0 saturated carbocycles. The first-order chi connectivity index (χ1) is 13.0. The highest BCUT2D eigenvalue weighted by Crippen LogP contribution is 2.09. The lowest BCUT2D eigenvalue weighted by molar-refractivity contribution is -0.113. The van der Waals surface area contributed by atoms with Crippen LogP contribution in [0.3, 0.4) is 0 Å². The van der Waals surface area contributed by atoms with Crippen LogP contribution in [0.2, 0.25) is 0 Å². The summed E-state index contributed by atoms with van der Waals surface area (Å²) < 4.78 is 15.7. The number of hydrogen-bond donors (Lipinski definition) is 4. The van der Waals surface area contributed by atoms with Crippen molar-refractivity contribution in [3.63, 3.8) is 0 Å². The van der Waals surface area contributed by atoms with E-state index in [-0.39, 0.29) is 12.3 Å². The number of aliphatic hydroxyl groups is 1. The standard InChI is InChI=1S/C18H30N4O5/c1-15-2-4-16(5-3-15)21-18(24)17(19)14-22(20)6-8-25-10-12-27-13-11-26-9-7-23/h2-5,14,23H,6-13,19-20H2,1H3,(H,21,24)/b17-14-. The van der Waals surface area contributed by atoms with Gasteiger partial charge in [-0.25, -0.2) is 5.84 Å². The van der Waals surface area contributed by atoms with Gasteiger partial charge in [-0.1, -0.05) is 17.7 Å². The fourth-order valence-electron chi connectivity index (χ4n) is 1.92. The largest absolute Gasteiger partial charge is 0.394 e. The molecule has 0 aromatic heterocycles. The van der Waals surface area contributed by atoms with Crippen LogP contribution >= 0.6 is 0 Å². The lowest BCUT2D eigenvalue weighted by atomic mass is 10.2. The van der Waals surface area contributed by atoms with Gasteiger partial charge in [-0.2, -0.15) is 0 Å². The Morgan fingerprint density at radius 2 is 1.63 bits per heavy atom. The van der Waals surface area contributed by atoms with E-state index in [1.807, 2.05) is 19.1 Å². The molecule has 0 spiro atoms. The molecule has 1 aromatic carbocycles. The molecule has 0 atom stereocenters. The van der Waals surface area contributed by atoms with E-state index >= 15 is 0 Å². The maximum absolute atomic E-state index is 12.0. The van der Waals surface area contributed by atoms with Crippen molar-refractivity contribution in [2.45, 2.75) is 6.92 Å². The molecule has 9 heteroatoms. The van der Waals surface area contributed by atoms with Crippen LogP contribution in [0.4, 0.5) is 5.69 Å². The predicted molar refractivity (Wildman–Crippen MR) is 103 cm³/mol. The zero-order valence-electron chi connectivity index (χ0n) is 15.7. The first kappa shape index (κ1) is 22.9. The number of hydrogen-bond acceptors (Lipinski definition) is 8. The molecule has 0 fully saturated rings. The summed E-state index contributed by atoms with van der Waals surface area (Å²) >= 11 is 0. The molecule has 27 heavy (non-hydrogen) atoms. The molecule has 152 valence electrons. The van der Waals surface area contributed by atoms with E-state index in [0.717, 1.165) is 5.56 Å². The molecule has 0 saturated heterocycles. The molecule has 0 aliphatic rings. The third-order valence-electron chi connectivity index (χ3n) is 3.35. The van der Waals surface area contributed by atoms with Crippen molar-refractivity contribution in [3.05, 3.63) is 41.7 Å². The lowest BCUT2D eigenvalue weighted by Gasteiger charge is -2.15. The summed E-state index contributed by atoms with van der Waals surface area (Å²) in [7, 11) is 0. The van der Waals surface area contributed by atoms with E-state index in [0.29, 0.717) is 51.9 Å². The summed E-state index contributed by atoms with van der Waals surface area (Å²) in [5.74, 6) is 5.36. The van der Waals surface area contributed by atoms with Crippen molar-refractivity contribution in [2.75, 3.05) is 58.1 Å². The van der Waals surface area contributed by atoms with Crippen LogP contribution in [-0.4, -0.2) is 68.8 Å². The zero-order chi connectivity index (χ0) is 19.9. The lowest BCUT2D eigenvalue weighted by Crippen LogP contribution is -2.32. The van der Waals surface area contributed by atoms with Crippen LogP contribution in [0, 0.1) is 6.92 Å². The van der Waals surface area contributed by atoms with Gasteiger partial charge in [-0.05, 0) is 19.1 Å². The Bertz CT molecular complexity index is 565. The molecule has 9 nitrogen and oxygen atoms in total. The van der Waals surface area contributed by atoms with E-state index < -0.39 is 5.91 Å². The molecule has 1 rings (SSSR count). The number of aryl methyl sites for hydroxylation is 1. The van der Waals surface area contributed by atoms with E-state index in [1.54, 1.807) is 12.1 Å². The predicted octanol–water partition coefficient (Wildman–Crippen LogP) is -0.0486. The molecule has 1 amide bonds. The smallest absolute Gasteiger partial charge is 0.273 e. The molecular weight excluding hydrogens is 352 g/mol. The number of nitrogens with two attached hydrogens (primary N) is 2. The van der Waals surface area contributed by atoms with Crippen molar-refractivity contribution in [1.29, 1.82) is 0 Å². The van der Waals surface area contributed by atoms with Gasteiger partial charge in [0.15, 0.2) is 0 Å². The molecule has 6 N–H and O–H groups in total. The molecule has 0 aliphatic heterocycles. The Labute approximate surface area is 159 Å². The van der Waals surface area contributed by atoms with Crippen LogP contribution < -0.4 is 16.9 Å². The van der Waals surface area contributed by atoms with Gasteiger partial charge in [-0.15, -0.1) is 0 Å². The molecular formula is C18H30N4O5. The van der Waals surface area contributed by atoms with Gasteiger partial charge in [0.25, 0.3) is 5.91 Å². The molecule has 0 bridgehead atoms. The second-order valence-electron chi connectivity index (χ2n) is 5.70. The fraction of sp³-hybridized carbons (Fsp3) is 0.500. The average molecular weight is 382 g/mol. The van der Waals surface area contributed by atoms with Gasteiger partial charge in [0.1, 0.15) is 5.70 Å². The second kappa shape index (κ2) is 14.0. The number of ether oxygens (including phenoxy) is 3. The van der Waals surface area contributed by atoms with Crippen molar-refractivity contribution in [1.82, 2.24) is 5.01 Å². The minimum absolute atomic E-state index is 0.00397. The number of nitrogens with zero attached hydrogens (tertiary/aromatic N) is 1. The number of carbonyl (C=O) groups is 1. The van der Waals surface area contributed by atoms with E-state index in [1.165, 1.54) is 11.2 Å². The number of carbonyl (C=O) groups excluding carboxylic acids is 1. The Hall–Kier alpha value is -2.17. The number of nitrogens with one attached hydrogen (secondary N) is 1. The molecule has 0 heterocycles. The highest BCUT2D eigenvalue weighted by atomic mass is 16.5. The molecule has 0 aliphatic carbocycles. The SMILES string of the molecule is Cc1ccc(NC(=O)/C(N)=C/N(N)CCOCCOCCOCCO)cc1. The Kier molecular flexibility index (Phi) is 11.8. The first-order valence-electron chi connectivity index (χ1n) is 8.73. The van der Waals surface area contributed by atoms with Crippen LogP contribution in [-0.2, 0) is 19.0 Å². The Balaban J connectivity index is 2.14. The van der Waals surface area contributed by atoms with Gasteiger partial charge in [0, 0.05) is 11.9 Å². The van der Waals surface area contributed by atoms with Crippen molar-refractivity contribution < 1.29 is 24.1 Å². The highest BCUT2D eigenvalue weighted by Gasteiger charge is 2.07. The van der Waals surface area contributed by atoms with E-state index in [9.17, 15) is 4.79 Å². The third kappa shape index (κ3) is 11.2. The van der Waals surface area contributed by atoms with Crippen molar-refractivity contribution in [3.8, 4) is 0 Å². The minimum Gasteiger partial charge on any atom is -0.394 e. The van der Waals surface area contributed by atoms with Gasteiger partial charge in [0.05, 0.1) is 52.8 Å². The van der Waals surface area contributed by atoms with Gasteiger partial charge >= 0.3 is 0 Å². The van der Waals surface area contributed by atoms with Crippen LogP contribution in [0.25, 0.3) is 0 Å². The number of aliphatic hydroxyl groups excluding tert-OH is 1. The molecule has 1 aromatic rings. The quantitative estimate of drug-likeness (QED) is 0.152. The van der Waals surface area contributed by atoms with Crippen LogP contribution in [0.5, 0.6) is 0 Å². The summed E-state index contributed by atoms with van der Waals surface area (Å²) in [5.41, 5.74) is 7.52. The maximum Gasteiger partial charge on any atom is 0.273 e. The van der Waals surface area contributed by atoms with Gasteiger partial charge in [-0.3, -0.25) is 4.79 Å². The Morgan fingerprint density at radius 3 is 2.22 bits per heavy atom. The van der Waals surface area contributed by atoms with Gasteiger partial charge < -0.3 is 35.4 Å². The number of anilines is 1. The summed E-state index contributed by atoms with van der Waals surface area (Å²) in [6.45, 7) is 4.76. The maximum atomic E-state index is 12.0. The molecule has 0 radical (unpaired) electrons. The molecule has 0 unspecified atom stereocenters. The minimum atomic E-state index is -0.424. The normalized spacial score (nSPS) is 11.4. The van der Waals surface area contributed by atoms with E-state index in [2.05, 4.69) is 5.32 Å². The second-order valence-corrected chi connectivity index (χ2v) is 5.70. The van der Waals surface area contributed by atoms with Crippen molar-refractivity contribution in [2.24, 2.45) is 11.6 Å². The number of benzene rings is 1. The highest BCUT2D eigenvalue weighted by molar-refractivity contribution is 6.02. The number of hydrazine groups is 1. The van der Waals surface area contributed by atoms with Crippen molar-refractivity contribution >= 4 is 11.6 Å². The van der Waals surface area contributed by atoms with E-state index in [4.69, 9.17) is 30.9 Å². The summed E-state index contributed by atoms with van der Waals surface area (Å²) in [4.78, 5) is 12.0. The fourth-order valence-corrected chi connectivity index (χ4v) is 1.92. The topological polar surface area (TPSA) is 132 Å². The zero-order valence-corrected chi connectivity index (χ0v) is 15.7. The van der Waals surface area contributed by atoms with Gasteiger partial charge in [0.2, 0.25) is 0 Å².